The molecule has 1 heterocycles. The first-order valence-corrected chi connectivity index (χ1v) is 9.61. The van der Waals surface area contributed by atoms with Crippen molar-refractivity contribution in [2.75, 3.05) is 13.7 Å². The summed E-state index contributed by atoms with van der Waals surface area (Å²) in [6, 6.07) is 12.9. The van der Waals surface area contributed by atoms with Crippen molar-refractivity contribution in [2.45, 2.75) is 26.8 Å². The highest BCUT2D eigenvalue weighted by molar-refractivity contribution is 5.91. The largest absolute Gasteiger partial charge is 0.493 e. The van der Waals surface area contributed by atoms with Crippen LogP contribution in [0.1, 0.15) is 38.3 Å². The fourth-order valence-electron chi connectivity index (χ4n) is 2.78. The molecule has 6 heteroatoms. The molecule has 0 aliphatic rings. The summed E-state index contributed by atoms with van der Waals surface area (Å²) in [7, 11) is 1.60. The number of fused-ring (bicyclic) bond motifs is 1. The Hall–Kier alpha value is -3.28. The molecule has 6 nitrogen and oxygen atoms in total. The lowest BCUT2D eigenvalue weighted by atomic mass is 10.1. The van der Waals surface area contributed by atoms with Crippen molar-refractivity contribution in [1.29, 1.82) is 0 Å². The maximum Gasteiger partial charge on any atom is 0.244 e. The summed E-state index contributed by atoms with van der Waals surface area (Å²) in [5.74, 6) is 1.91. The van der Waals surface area contributed by atoms with Gasteiger partial charge in [-0.2, -0.15) is 0 Å². The number of hydrogen-bond acceptors (Lipinski definition) is 5. The van der Waals surface area contributed by atoms with Crippen LogP contribution < -0.4 is 14.8 Å². The predicted molar refractivity (Wildman–Crippen MR) is 113 cm³/mol. The molecule has 0 fully saturated rings. The van der Waals surface area contributed by atoms with E-state index in [1.807, 2.05) is 49.4 Å². The summed E-state index contributed by atoms with van der Waals surface area (Å²) in [6.07, 6.45) is 2.98. The zero-order valence-corrected chi connectivity index (χ0v) is 17.1. The van der Waals surface area contributed by atoms with E-state index in [9.17, 15) is 4.79 Å². The summed E-state index contributed by atoms with van der Waals surface area (Å²) in [5, 5.41) is 2.93. The van der Waals surface area contributed by atoms with Crippen molar-refractivity contribution in [3.8, 4) is 11.5 Å². The first kappa shape index (κ1) is 20.5. The standard InChI is InChI=1S/C23H26N2O4/c1-15(2)14-28-20-10-9-17(13-21(20)27-4)16(3)24-22(26)11-12-23-25-18-7-5-6-8-19(18)29-23/h5-13,15-16H,14H2,1-4H3,(H,24,26). The number of amides is 1. The molecule has 1 aromatic heterocycles. The van der Waals surface area contributed by atoms with E-state index in [1.54, 1.807) is 13.2 Å². The van der Waals surface area contributed by atoms with E-state index in [-0.39, 0.29) is 11.9 Å². The first-order chi connectivity index (χ1) is 14.0. The van der Waals surface area contributed by atoms with Crippen LogP contribution in [0.3, 0.4) is 0 Å². The van der Waals surface area contributed by atoms with Crippen molar-refractivity contribution < 1.29 is 18.7 Å². The van der Waals surface area contributed by atoms with E-state index in [0.717, 1.165) is 11.1 Å². The van der Waals surface area contributed by atoms with E-state index in [4.69, 9.17) is 13.9 Å². The molecule has 152 valence electrons. The van der Waals surface area contributed by atoms with Crippen LogP contribution in [0.15, 0.2) is 53.0 Å². The number of methoxy groups -OCH3 is 1. The molecule has 0 bridgehead atoms. The summed E-state index contributed by atoms with van der Waals surface area (Å²) in [5.41, 5.74) is 2.36. The van der Waals surface area contributed by atoms with Crippen molar-refractivity contribution in [3.05, 3.63) is 60.0 Å². The van der Waals surface area contributed by atoms with Crippen molar-refractivity contribution in [2.24, 2.45) is 5.92 Å². The third-order valence-corrected chi connectivity index (χ3v) is 4.31. The highest BCUT2D eigenvalue weighted by atomic mass is 16.5. The number of oxazole rings is 1. The van der Waals surface area contributed by atoms with Crippen LogP contribution in [0.5, 0.6) is 11.5 Å². The molecule has 1 atom stereocenters. The zero-order chi connectivity index (χ0) is 20.8. The number of para-hydroxylation sites is 2. The van der Waals surface area contributed by atoms with E-state index < -0.39 is 0 Å². The summed E-state index contributed by atoms with van der Waals surface area (Å²) >= 11 is 0. The van der Waals surface area contributed by atoms with Gasteiger partial charge in [-0.05, 0) is 42.7 Å². The molecule has 0 saturated heterocycles. The van der Waals surface area contributed by atoms with Gasteiger partial charge in [-0.25, -0.2) is 4.98 Å². The van der Waals surface area contributed by atoms with Gasteiger partial charge in [-0.1, -0.05) is 32.0 Å². The maximum atomic E-state index is 12.3. The SMILES string of the molecule is COc1cc(C(C)NC(=O)C=Cc2nc3ccccc3o2)ccc1OCC(C)C. The lowest BCUT2D eigenvalue weighted by Gasteiger charge is -2.17. The topological polar surface area (TPSA) is 73.6 Å². The Morgan fingerprint density at radius 2 is 1.97 bits per heavy atom. The van der Waals surface area contributed by atoms with Gasteiger partial charge in [-0.15, -0.1) is 0 Å². The molecule has 0 aliphatic heterocycles. The monoisotopic (exact) mass is 394 g/mol. The minimum atomic E-state index is -0.237. The van der Waals surface area contributed by atoms with Gasteiger partial charge in [0, 0.05) is 12.2 Å². The maximum absolute atomic E-state index is 12.3. The number of ether oxygens (including phenoxy) is 2. The van der Waals surface area contributed by atoms with Gasteiger partial charge in [-0.3, -0.25) is 4.79 Å². The zero-order valence-electron chi connectivity index (χ0n) is 17.1. The van der Waals surface area contributed by atoms with E-state index in [1.165, 1.54) is 6.08 Å². The average molecular weight is 394 g/mol. The molecule has 0 radical (unpaired) electrons. The Morgan fingerprint density at radius 1 is 1.17 bits per heavy atom. The van der Waals surface area contributed by atoms with Crippen LogP contribution in [0.25, 0.3) is 17.2 Å². The second-order valence-corrected chi connectivity index (χ2v) is 7.20. The fourth-order valence-corrected chi connectivity index (χ4v) is 2.78. The molecule has 2 aromatic carbocycles. The molecular formula is C23H26N2O4. The van der Waals surface area contributed by atoms with Gasteiger partial charge in [0.25, 0.3) is 0 Å². The lowest BCUT2D eigenvalue weighted by Crippen LogP contribution is -2.24. The highest BCUT2D eigenvalue weighted by Gasteiger charge is 2.13. The van der Waals surface area contributed by atoms with Crippen LogP contribution in [0.2, 0.25) is 0 Å². The van der Waals surface area contributed by atoms with Crippen LogP contribution in [-0.2, 0) is 4.79 Å². The lowest BCUT2D eigenvalue weighted by molar-refractivity contribution is -0.117. The summed E-state index contributed by atoms with van der Waals surface area (Å²) in [6.45, 7) is 6.71. The predicted octanol–water partition coefficient (Wildman–Crippen LogP) is 4.76. The quantitative estimate of drug-likeness (QED) is 0.558. The number of nitrogens with zero attached hydrogens (tertiary/aromatic N) is 1. The molecule has 1 unspecified atom stereocenters. The smallest absolute Gasteiger partial charge is 0.244 e. The second-order valence-electron chi connectivity index (χ2n) is 7.20. The number of carbonyl (C=O) groups excluding carboxylic acids is 1. The van der Waals surface area contributed by atoms with Crippen LogP contribution in [-0.4, -0.2) is 24.6 Å². The van der Waals surface area contributed by atoms with Crippen LogP contribution in [0, 0.1) is 5.92 Å². The molecular weight excluding hydrogens is 368 g/mol. The molecule has 3 aromatic rings. The molecule has 0 aliphatic carbocycles. The molecule has 1 amide bonds. The Kier molecular flexibility index (Phi) is 6.54. The number of rotatable bonds is 8. The number of nitrogens with one attached hydrogen (secondary N) is 1. The minimum absolute atomic E-state index is 0.205. The Labute approximate surface area is 170 Å². The molecule has 3 rings (SSSR count). The third-order valence-electron chi connectivity index (χ3n) is 4.31. The summed E-state index contributed by atoms with van der Waals surface area (Å²) in [4.78, 5) is 16.6. The Bertz CT molecular complexity index is 974. The van der Waals surface area contributed by atoms with Gasteiger partial charge in [0.1, 0.15) is 5.52 Å². The minimum Gasteiger partial charge on any atom is -0.493 e. The molecule has 0 saturated carbocycles. The molecule has 29 heavy (non-hydrogen) atoms. The van der Waals surface area contributed by atoms with Crippen molar-refractivity contribution >= 4 is 23.1 Å². The third kappa shape index (κ3) is 5.38. The van der Waals surface area contributed by atoms with Gasteiger partial charge in [0.2, 0.25) is 11.8 Å². The number of hydrogen-bond donors (Lipinski definition) is 1. The second kappa shape index (κ2) is 9.28. The van der Waals surface area contributed by atoms with Crippen molar-refractivity contribution in [1.82, 2.24) is 10.3 Å². The number of benzene rings is 2. The van der Waals surface area contributed by atoms with Gasteiger partial charge >= 0.3 is 0 Å². The molecule has 0 spiro atoms. The Balaban J connectivity index is 1.64. The van der Waals surface area contributed by atoms with E-state index in [0.29, 0.717) is 35.5 Å². The van der Waals surface area contributed by atoms with Gasteiger partial charge in [0.15, 0.2) is 17.1 Å². The normalized spacial score (nSPS) is 12.4. The first-order valence-electron chi connectivity index (χ1n) is 9.61. The van der Waals surface area contributed by atoms with Crippen LogP contribution in [0.4, 0.5) is 0 Å². The molecule has 1 N–H and O–H groups in total. The van der Waals surface area contributed by atoms with Gasteiger partial charge < -0.3 is 19.2 Å². The Morgan fingerprint density at radius 3 is 2.69 bits per heavy atom. The highest BCUT2D eigenvalue weighted by Crippen LogP contribution is 2.30. The van der Waals surface area contributed by atoms with Gasteiger partial charge in [0.05, 0.1) is 19.8 Å². The fraction of sp³-hybridized carbons (Fsp3) is 0.304. The van der Waals surface area contributed by atoms with E-state index >= 15 is 0 Å². The average Bonchev–Trinajstić information content (AvgIpc) is 3.13. The number of carbonyl (C=O) groups is 1. The summed E-state index contributed by atoms with van der Waals surface area (Å²) < 4.78 is 16.8. The number of aromatic nitrogens is 1. The van der Waals surface area contributed by atoms with Crippen molar-refractivity contribution in [3.63, 3.8) is 0 Å². The van der Waals surface area contributed by atoms with Crippen LogP contribution >= 0.6 is 0 Å². The van der Waals surface area contributed by atoms with E-state index in [2.05, 4.69) is 24.1 Å².